The van der Waals surface area contributed by atoms with E-state index in [1.807, 2.05) is 6.92 Å². The molecule has 0 atom stereocenters. The van der Waals surface area contributed by atoms with Gasteiger partial charge in [0.1, 0.15) is 5.82 Å². The molecule has 1 aliphatic rings. The Kier molecular flexibility index (Phi) is 9.84. The number of nitrogens with zero attached hydrogens (tertiary/aromatic N) is 3. The van der Waals surface area contributed by atoms with Crippen LogP contribution in [0.3, 0.4) is 0 Å². The summed E-state index contributed by atoms with van der Waals surface area (Å²) in [7, 11) is 0. The monoisotopic (exact) mass is 442 g/mol. The van der Waals surface area contributed by atoms with Crippen molar-refractivity contribution in [2.24, 2.45) is 5.92 Å². The Morgan fingerprint density at radius 1 is 1.19 bits per heavy atom. The Labute approximate surface area is 191 Å². The maximum atomic E-state index is 12.1. The predicted molar refractivity (Wildman–Crippen MR) is 129 cm³/mol. The van der Waals surface area contributed by atoms with Gasteiger partial charge in [-0.1, -0.05) is 45.4 Å². The van der Waals surface area contributed by atoms with Crippen molar-refractivity contribution in [3.05, 3.63) is 35.8 Å². The minimum absolute atomic E-state index is 0.279. The highest BCUT2D eigenvalue weighted by atomic mass is 16.3. The summed E-state index contributed by atoms with van der Waals surface area (Å²) in [4.78, 5) is 24.5. The fourth-order valence-electron chi connectivity index (χ4n) is 3.59. The summed E-state index contributed by atoms with van der Waals surface area (Å²) >= 11 is 0. The van der Waals surface area contributed by atoms with Gasteiger partial charge < -0.3 is 21.5 Å². The third-order valence-electron chi connectivity index (χ3n) is 5.40. The molecule has 0 radical (unpaired) electrons. The molecule has 32 heavy (non-hydrogen) atoms. The van der Waals surface area contributed by atoms with Gasteiger partial charge >= 0.3 is 0 Å². The summed E-state index contributed by atoms with van der Waals surface area (Å²) < 4.78 is 0. The van der Waals surface area contributed by atoms with E-state index in [4.69, 9.17) is 5.73 Å². The quantitative estimate of drug-likeness (QED) is 0.478. The van der Waals surface area contributed by atoms with Crippen molar-refractivity contribution in [3.8, 4) is 0 Å². The van der Waals surface area contributed by atoms with Crippen LogP contribution in [0, 0.1) is 12.8 Å². The van der Waals surface area contributed by atoms with Crippen molar-refractivity contribution in [2.45, 2.75) is 78.2 Å². The molecule has 8 heteroatoms. The van der Waals surface area contributed by atoms with Gasteiger partial charge in [-0.2, -0.15) is 0 Å². The van der Waals surface area contributed by atoms with Crippen molar-refractivity contribution >= 4 is 23.4 Å². The average Bonchev–Trinajstić information content (AvgIpc) is 3.23. The summed E-state index contributed by atoms with van der Waals surface area (Å²) in [5.74, 6) is 1.63. The molecule has 0 bridgehead atoms. The number of pyridine rings is 1. The molecule has 0 aromatic carbocycles. The lowest BCUT2D eigenvalue weighted by molar-refractivity contribution is 0.0693. The number of aryl methyl sites for hydroxylation is 1. The fourth-order valence-corrected chi connectivity index (χ4v) is 3.59. The van der Waals surface area contributed by atoms with Crippen LogP contribution < -0.4 is 16.4 Å². The van der Waals surface area contributed by atoms with Gasteiger partial charge in [-0.3, -0.25) is 4.79 Å². The van der Waals surface area contributed by atoms with Crippen LogP contribution in [0.25, 0.3) is 0 Å². The predicted octanol–water partition coefficient (Wildman–Crippen LogP) is 4.37. The Morgan fingerprint density at radius 3 is 2.41 bits per heavy atom. The van der Waals surface area contributed by atoms with Crippen LogP contribution in [0.5, 0.6) is 0 Å². The average molecular weight is 443 g/mol. The van der Waals surface area contributed by atoms with Gasteiger partial charge in [0.2, 0.25) is 5.95 Å². The highest BCUT2D eigenvalue weighted by Crippen LogP contribution is 2.28. The summed E-state index contributed by atoms with van der Waals surface area (Å²) in [6.45, 7) is 7.90. The van der Waals surface area contributed by atoms with E-state index in [0.29, 0.717) is 30.4 Å². The first-order valence-electron chi connectivity index (χ1n) is 11.5. The number of aromatic nitrogens is 3. The van der Waals surface area contributed by atoms with E-state index in [0.717, 1.165) is 11.5 Å². The molecule has 1 fully saturated rings. The second-order valence-electron chi connectivity index (χ2n) is 9.12. The number of nitrogens with two attached hydrogens (primary N) is 1. The van der Waals surface area contributed by atoms with Crippen LogP contribution in [-0.2, 0) is 0 Å². The lowest BCUT2D eigenvalue weighted by Gasteiger charge is -2.17. The topological polar surface area (TPSA) is 126 Å². The van der Waals surface area contributed by atoms with Crippen molar-refractivity contribution in [3.63, 3.8) is 0 Å². The Balaban J connectivity index is 0.000000380. The zero-order valence-corrected chi connectivity index (χ0v) is 19.8. The number of rotatable bonds is 8. The van der Waals surface area contributed by atoms with E-state index in [1.54, 1.807) is 32.3 Å². The zero-order chi connectivity index (χ0) is 23.6. The lowest BCUT2D eigenvalue weighted by Crippen LogP contribution is -2.31. The molecule has 176 valence electrons. The van der Waals surface area contributed by atoms with Gasteiger partial charge in [0.15, 0.2) is 0 Å². The van der Waals surface area contributed by atoms with E-state index in [9.17, 15) is 9.90 Å². The number of amides is 1. The van der Waals surface area contributed by atoms with Gasteiger partial charge in [-0.05, 0) is 38.7 Å². The molecule has 1 saturated carbocycles. The van der Waals surface area contributed by atoms with Gasteiger partial charge in [-0.25, -0.2) is 15.0 Å². The molecule has 2 heterocycles. The minimum Gasteiger partial charge on any atom is -0.398 e. The summed E-state index contributed by atoms with van der Waals surface area (Å²) in [6, 6.07) is 1.55. The lowest BCUT2D eigenvalue weighted by atomic mass is 10.0. The number of carbonyl (C=O) groups is 1. The molecule has 0 spiro atoms. The molecule has 0 aliphatic heterocycles. The van der Waals surface area contributed by atoms with Crippen molar-refractivity contribution in [2.75, 3.05) is 17.6 Å². The Hall–Kier alpha value is -2.74. The van der Waals surface area contributed by atoms with Crippen molar-refractivity contribution in [1.82, 2.24) is 20.3 Å². The number of nitrogen functional groups attached to an aromatic ring is 1. The normalized spacial score (nSPS) is 13.9. The number of nitrogens with one attached hydrogen (secondary N) is 2. The van der Waals surface area contributed by atoms with Gasteiger partial charge in [0.05, 0.1) is 11.2 Å². The molecule has 2 aromatic rings. The number of aliphatic hydroxyl groups is 1. The number of hydrogen-bond donors (Lipinski definition) is 4. The third kappa shape index (κ3) is 9.18. The summed E-state index contributed by atoms with van der Waals surface area (Å²) in [5.41, 5.74) is 6.61. The Bertz CT molecular complexity index is 843. The van der Waals surface area contributed by atoms with E-state index in [1.165, 1.54) is 44.7 Å². The number of anilines is 3. The molecule has 5 N–H and O–H groups in total. The van der Waals surface area contributed by atoms with E-state index in [-0.39, 0.29) is 11.5 Å². The maximum Gasteiger partial charge on any atom is 0.254 e. The van der Waals surface area contributed by atoms with Gasteiger partial charge in [0.25, 0.3) is 5.91 Å². The van der Waals surface area contributed by atoms with Crippen LogP contribution in [0.2, 0.25) is 0 Å². The first-order valence-corrected chi connectivity index (χ1v) is 11.5. The van der Waals surface area contributed by atoms with Gasteiger partial charge in [0, 0.05) is 36.9 Å². The van der Waals surface area contributed by atoms with Crippen LogP contribution in [-0.4, -0.2) is 38.1 Å². The van der Waals surface area contributed by atoms with E-state index >= 15 is 0 Å². The van der Waals surface area contributed by atoms with Crippen LogP contribution >= 0.6 is 0 Å². The molecule has 8 nitrogen and oxygen atoms in total. The molecule has 1 amide bonds. The second kappa shape index (κ2) is 12.3. The summed E-state index contributed by atoms with van der Waals surface area (Å²) in [6.07, 6.45) is 14.1. The van der Waals surface area contributed by atoms with E-state index < -0.39 is 5.60 Å². The van der Waals surface area contributed by atoms with Crippen molar-refractivity contribution in [1.29, 1.82) is 0 Å². The molecular weight excluding hydrogens is 404 g/mol. The SMILES string of the molecule is CCCC1CCCC1.Cc1cnc(Nc2cc(N)c(C(=O)NCCC(C)(C)O)cn2)nc1. The molecule has 2 aromatic heterocycles. The number of carbonyl (C=O) groups excluding carboxylic acids is 1. The highest BCUT2D eigenvalue weighted by molar-refractivity contribution is 5.99. The standard InChI is InChI=1S/C16H22N6O2.C8H16/c1-10-7-20-15(21-8-10)22-13-6-12(17)11(9-19-13)14(23)18-5-4-16(2,3)24;1-2-5-8-6-3-4-7-8/h6-9,24H,4-5H2,1-3H3,(H,18,23)(H3,17,19,20,21,22);8H,2-7H2,1H3. The molecule has 0 unspecified atom stereocenters. The molecule has 1 aliphatic carbocycles. The smallest absolute Gasteiger partial charge is 0.254 e. The first-order chi connectivity index (χ1) is 15.2. The van der Waals surface area contributed by atoms with Crippen molar-refractivity contribution < 1.29 is 9.90 Å². The summed E-state index contributed by atoms with van der Waals surface area (Å²) in [5, 5.41) is 15.3. The number of hydrogen-bond acceptors (Lipinski definition) is 7. The highest BCUT2D eigenvalue weighted by Gasteiger charge is 2.15. The second-order valence-corrected chi connectivity index (χ2v) is 9.12. The fraction of sp³-hybridized carbons (Fsp3) is 0.583. The maximum absolute atomic E-state index is 12.1. The van der Waals surface area contributed by atoms with Crippen LogP contribution in [0.1, 0.15) is 81.6 Å². The third-order valence-corrected chi connectivity index (χ3v) is 5.40. The van der Waals surface area contributed by atoms with Gasteiger partial charge in [-0.15, -0.1) is 0 Å². The van der Waals surface area contributed by atoms with Crippen LogP contribution in [0.4, 0.5) is 17.5 Å². The molecule has 0 saturated heterocycles. The first kappa shape index (κ1) is 25.5. The van der Waals surface area contributed by atoms with E-state index in [2.05, 4.69) is 32.5 Å². The Morgan fingerprint density at radius 2 is 1.84 bits per heavy atom. The molecule has 3 rings (SSSR count). The minimum atomic E-state index is -0.834. The largest absolute Gasteiger partial charge is 0.398 e. The zero-order valence-electron chi connectivity index (χ0n) is 19.8. The van der Waals surface area contributed by atoms with Crippen LogP contribution in [0.15, 0.2) is 24.7 Å². The molecular formula is C24H38N6O2.